The second kappa shape index (κ2) is 3.77. The number of nitrogens with one attached hydrogen (secondary N) is 2. The van der Waals surface area contributed by atoms with Gasteiger partial charge in [0.25, 0.3) is 0 Å². The highest BCUT2D eigenvalue weighted by molar-refractivity contribution is 5.90. The molecule has 0 aliphatic carbocycles. The highest BCUT2D eigenvalue weighted by Crippen LogP contribution is 2.05. The first-order chi connectivity index (χ1) is 5.74. The molecule has 0 radical (unpaired) electrons. The van der Waals surface area contributed by atoms with Gasteiger partial charge in [-0.25, -0.2) is 0 Å². The molecule has 1 rings (SSSR count). The monoisotopic (exact) mass is 166 g/mol. The minimum Gasteiger partial charge on any atom is -0.344 e. The van der Waals surface area contributed by atoms with Gasteiger partial charge in [0.1, 0.15) is 6.04 Å². The van der Waals surface area contributed by atoms with Crippen LogP contribution in [0, 0.1) is 12.3 Å². The maximum atomic E-state index is 11.1. The van der Waals surface area contributed by atoms with Crippen LogP contribution in [-0.4, -0.2) is 24.4 Å². The summed E-state index contributed by atoms with van der Waals surface area (Å²) in [6.07, 6.45) is 5.94. The lowest BCUT2D eigenvalue weighted by Crippen LogP contribution is -2.41. The lowest BCUT2D eigenvalue weighted by molar-refractivity contribution is -0.125. The fourth-order valence-corrected chi connectivity index (χ4v) is 1.07. The van der Waals surface area contributed by atoms with E-state index in [4.69, 9.17) is 6.42 Å². The Morgan fingerprint density at radius 3 is 3.08 bits per heavy atom. The van der Waals surface area contributed by atoms with E-state index in [2.05, 4.69) is 16.6 Å². The molecule has 0 aromatic heterocycles. The predicted octanol–water partition coefficient (Wildman–Crippen LogP) is -0.986. The van der Waals surface area contributed by atoms with Crippen LogP contribution in [0.15, 0.2) is 0 Å². The van der Waals surface area contributed by atoms with Gasteiger partial charge in [0, 0.05) is 6.42 Å². The van der Waals surface area contributed by atoms with Gasteiger partial charge < -0.3 is 10.6 Å². The molecule has 1 saturated heterocycles. The van der Waals surface area contributed by atoms with Gasteiger partial charge in [-0.1, -0.05) is 5.92 Å². The van der Waals surface area contributed by atoms with Gasteiger partial charge in [0.05, 0.1) is 6.54 Å². The standard InChI is InChI=1S/C8H10N2O2/c1-2-5-9-8(12)6-3-4-7(11)10-6/h1,6H,3-5H2,(H,9,12)(H,10,11)/t6-/m1/s1. The average molecular weight is 166 g/mol. The third-order valence-corrected chi connectivity index (χ3v) is 1.68. The number of carbonyl (C=O) groups is 2. The summed E-state index contributed by atoms with van der Waals surface area (Å²) in [5.74, 6) is 2.02. The molecular formula is C8H10N2O2. The molecule has 1 aliphatic rings. The van der Waals surface area contributed by atoms with Gasteiger partial charge >= 0.3 is 0 Å². The second-order valence-electron chi connectivity index (χ2n) is 2.58. The number of hydrogen-bond donors (Lipinski definition) is 2. The Labute approximate surface area is 70.7 Å². The van der Waals surface area contributed by atoms with E-state index in [1.54, 1.807) is 0 Å². The van der Waals surface area contributed by atoms with Crippen molar-refractivity contribution in [2.45, 2.75) is 18.9 Å². The van der Waals surface area contributed by atoms with Gasteiger partial charge in [-0.05, 0) is 6.42 Å². The van der Waals surface area contributed by atoms with Crippen LogP contribution >= 0.6 is 0 Å². The summed E-state index contributed by atoms with van der Waals surface area (Å²) in [5.41, 5.74) is 0. The maximum absolute atomic E-state index is 11.1. The van der Waals surface area contributed by atoms with Gasteiger partial charge in [-0.3, -0.25) is 9.59 Å². The minimum absolute atomic E-state index is 0.0733. The van der Waals surface area contributed by atoms with Crippen LogP contribution in [0.2, 0.25) is 0 Å². The van der Waals surface area contributed by atoms with Gasteiger partial charge in [0.2, 0.25) is 11.8 Å². The molecule has 4 nitrogen and oxygen atoms in total. The Kier molecular flexibility index (Phi) is 2.70. The second-order valence-corrected chi connectivity index (χ2v) is 2.58. The summed E-state index contributed by atoms with van der Waals surface area (Å²) in [5, 5.41) is 5.05. The summed E-state index contributed by atoms with van der Waals surface area (Å²) in [7, 11) is 0. The summed E-state index contributed by atoms with van der Waals surface area (Å²) in [6.45, 7) is 0.213. The Hall–Kier alpha value is -1.50. The molecule has 0 saturated carbocycles. The quantitative estimate of drug-likeness (QED) is 0.518. The highest BCUT2D eigenvalue weighted by atomic mass is 16.2. The van der Waals surface area contributed by atoms with Crippen LogP contribution < -0.4 is 10.6 Å². The molecule has 4 heteroatoms. The van der Waals surface area contributed by atoms with Crippen molar-refractivity contribution in [2.24, 2.45) is 0 Å². The predicted molar refractivity (Wildman–Crippen MR) is 43.0 cm³/mol. The number of hydrogen-bond acceptors (Lipinski definition) is 2. The molecule has 0 unspecified atom stereocenters. The summed E-state index contributed by atoms with van der Waals surface area (Å²) < 4.78 is 0. The summed E-state index contributed by atoms with van der Waals surface area (Å²) >= 11 is 0. The number of amides is 2. The molecule has 1 aliphatic heterocycles. The minimum atomic E-state index is -0.383. The number of rotatable bonds is 2. The zero-order valence-corrected chi connectivity index (χ0v) is 6.59. The van der Waals surface area contributed by atoms with E-state index >= 15 is 0 Å². The molecule has 2 amide bonds. The lowest BCUT2D eigenvalue weighted by atomic mass is 10.2. The van der Waals surface area contributed by atoms with E-state index in [-0.39, 0.29) is 24.4 Å². The van der Waals surface area contributed by atoms with E-state index in [1.807, 2.05) is 0 Å². The molecule has 0 spiro atoms. The van der Waals surface area contributed by atoms with Crippen LogP contribution in [0.25, 0.3) is 0 Å². The van der Waals surface area contributed by atoms with E-state index in [0.29, 0.717) is 12.8 Å². The number of carbonyl (C=O) groups excluding carboxylic acids is 2. The summed E-state index contributed by atoms with van der Waals surface area (Å²) in [6, 6.07) is -0.383. The van der Waals surface area contributed by atoms with Crippen molar-refractivity contribution in [3.05, 3.63) is 0 Å². The van der Waals surface area contributed by atoms with Gasteiger partial charge in [0.15, 0.2) is 0 Å². The Balaban J connectivity index is 2.34. The zero-order valence-electron chi connectivity index (χ0n) is 6.59. The van der Waals surface area contributed by atoms with Crippen molar-refractivity contribution in [1.82, 2.24) is 10.6 Å². The topological polar surface area (TPSA) is 58.2 Å². The van der Waals surface area contributed by atoms with Crippen molar-refractivity contribution >= 4 is 11.8 Å². The first-order valence-electron chi connectivity index (χ1n) is 3.74. The maximum Gasteiger partial charge on any atom is 0.243 e. The third-order valence-electron chi connectivity index (χ3n) is 1.68. The molecule has 2 N–H and O–H groups in total. The smallest absolute Gasteiger partial charge is 0.243 e. The normalized spacial score (nSPS) is 21.2. The molecule has 1 atom stereocenters. The van der Waals surface area contributed by atoms with Gasteiger partial charge in [-0.15, -0.1) is 6.42 Å². The van der Waals surface area contributed by atoms with Crippen LogP contribution in [-0.2, 0) is 9.59 Å². The molecule has 12 heavy (non-hydrogen) atoms. The highest BCUT2D eigenvalue weighted by Gasteiger charge is 2.26. The molecule has 0 bridgehead atoms. The van der Waals surface area contributed by atoms with E-state index < -0.39 is 0 Å². The zero-order chi connectivity index (χ0) is 8.97. The first kappa shape index (κ1) is 8.60. The molecule has 0 aromatic rings. The largest absolute Gasteiger partial charge is 0.344 e. The lowest BCUT2D eigenvalue weighted by Gasteiger charge is -2.07. The molecule has 1 heterocycles. The van der Waals surface area contributed by atoms with E-state index in [1.165, 1.54) is 0 Å². The van der Waals surface area contributed by atoms with Crippen LogP contribution in [0.1, 0.15) is 12.8 Å². The third kappa shape index (κ3) is 1.99. The van der Waals surface area contributed by atoms with Crippen molar-refractivity contribution in [3.63, 3.8) is 0 Å². The van der Waals surface area contributed by atoms with Crippen LogP contribution in [0.5, 0.6) is 0 Å². The Bertz CT molecular complexity index is 242. The molecular weight excluding hydrogens is 156 g/mol. The Morgan fingerprint density at radius 2 is 2.58 bits per heavy atom. The van der Waals surface area contributed by atoms with Crippen molar-refractivity contribution in [2.75, 3.05) is 6.54 Å². The number of terminal acetylenes is 1. The first-order valence-corrected chi connectivity index (χ1v) is 3.74. The fraction of sp³-hybridized carbons (Fsp3) is 0.500. The Morgan fingerprint density at radius 1 is 1.83 bits per heavy atom. The summed E-state index contributed by atoms with van der Waals surface area (Å²) in [4.78, 5) is 21.8. The molecule has 1 fully saturated rings. The fourth-order valence-electron chi connectivity index (χ4n) is 1.07. The molecule has 64 valence electrons. The molecule has 0 aromatic carbocycles. The average Bonchev–Trinajstić information content (AvgIpc) is 2.47. The SMILES string of the molecule is C#CCNC(=O)[C@H]1CCC(=O)N1. The van der Waals surface area contributed by atoms with Crippen molar-refractivity contribution in [1.29, 1.82) is 0 Å². The van der Waals surface area contributed by atoms with E-state index in [0.717, 1.165) is 0 Å². The van der Waals surface area contributed by atoms with Gasteiger partial charge in [-0.2, -0.15) is 0 Å². The van der Waals surface area contributed by atoms with Crippen molar-refractivity contribution < 1.29 is 9.59 Å². The van der Waals surface area contributed by atoms with Crippen LogP contribution in [0.4, 0.5) is 0 Å². The van der Waals surface area contributed by atoms with Crippen molar-refractivity contribution in [3.8, 4) is 12.3 Å². The van der Waals surface area contributed by atoms with E-state index in [9.17, 15) is 9.59 Å². The van der Waals surface area contributed by atoms with Crippen LogP contribution in [0.3, 0.4) is 0 Å².